The lowest BCUT2D eigenvalue weighted by Crippen LogP contribution is -2.47. The number of thioether (sulfide) groups is 1. The normalized spacial score (nSPS) is 13.1. The smallest absolute Gasteiger partial charge is 0.252 e. The molecular weight excluding hydrogens is 595 g/mol. The van der Waals surface area contributed by atoms with Crippen molar-refractivity contribution in [2.45, 2.75) is 44.9 Å². The Morgan fingerprint density at radius 2 is 1.67 bits per heavy atom. The van der Waals surface area contributed by atoms with E-state index >= 15 is 0 Å². The maximum absolute atomic E-state index is 13.8. The average molecular weight is 636 g/mol. The molecule has 46 heavy (non-hydrogen) atoms. The molecule has 0 saturated carbocycles. The van der Waals surface area contributed by atoms with Crippen LogP contribution in [0.4, 0.5) is 0 Å². The molecule has 0 spiro atoms. The number of aliphatic imine (C=N–C) groups is 1. The molecule has 0 aliphatic heterocycles. The van der Waals surface area contributed by atoms with Gasteiger partial charge in [0.15, 0.2) is 5.17 Å². The van der Waals surface area contributed by atoms with Gasteiger partial charge in [-0.3, -0.25) is 14.6 Å². The number of amidine groups is 1. The summed E-state index contributed by atoms with van der Waals surface area (Å²) in [6.07, 6.45) is 4.83. The van der Waals surface area contributed by atoms with Crippen molar-refractivity contribution >= 4 is 50.3 Å². The largest absolute Gasteiger partial charge is 0.379 e. The van der Waals surface area contributed by atoms with Crippen molar-refractivity contribution in [1.82, 2.24) is 25.5 Å². The Kier molecular flexibility index (Phi) is 11.1. The van der Waals surface area contributed by atoms with Crippen LogP contribution < -0.4 is 21.7 Å². The molecule has 0 radical (unpaired) electrons. The minimum absolute atomic E-state index is 0.227. The van der Waals surface area contributed by atoms with E-state index in [1.165, 1.54) is 11.8 Å². The minimum atomic E-state index is -0.733. The first-order valence-corrected chi connectivity index (χ1v) is 16.5. The summed E-state index contributed by atoms with van der Waals surface area (Å²) in [6.45, 7) is 3.22. The van der Waals surface area contributed by atoms with Crippen LogP contribution in [-0.2, 0) is 24.9 Å². The summed E-state index contributed by atoms with van der Waals surface area (Å²) in [5, 5.41) is 14.2. The first kappa shape index (κ1) is 32.7. The second-order valence-corrected chi connectivity index (χ2v) is 12.4. The van der Waals surface area contributed by atoms with E-state index < -0.39 is 6.04 Å². The van der Waals surface area contributed by atoms with E-state index in [-0.39, 0.29) is 17.9 Å². The van der Waals surface area contributed by atoms with Gasteiger partial charge in [-0.05, 0) is 58.5 Å². The molecular formula is C36H41N7O2S. The highest BCUT2D eigenvalue weighted by atomic mass is 32.2. The molecule has 0 bridgehead atoms. The Morgan fingerprint density at radius 3 is 2.43 bits per heavy atom. The molecule has 1 aromatic heterocycles. The highest BCUT2D eigenvalue weighted by Crippen LogP contribution is 2.25. The van der Waals surface area contributed by atoms with Crippen molar-refractivity contribution in [3.8, 4) is 0 Å². The van der Waals surface area contributed by atoms with E-state index in [9.17, 15) is 9.59 Å². The van der Waals surface area contributed by atoms with Crippen LogP contribution in [0.5, 0.6) is 0 Å². The van der Waals surface area contributed by atoms with Crippen molar-refractivity contribution in [2.24, 2.45) is 17.8 Å². The highest BCUT2D eigenvalue weighted by molar-refractivity contribution is 8.13. The third-order valence-corrected chi connectivity index (χ3v) is 9.13. The summed E-state index contributed by atoms with van der Waals surface area (Å²) >= 11 is 1.44. The predicted octanol–water partition coefficient (Wildman–Crippen LogP) is 5.45. The number of fused-ring (bicyclic) bond motifs is 2. The zero-order valence-corrected chi connectivity index (χ0v) is 27.3. The number of benzene rings is 4. The van der Waals surface area contributed by atoms with Crippen LogP contribution in [-0.4, -0.2) is 45.4 Å². The number of hydrogen-bond donors (Lipinski definition) is 4. The summed E-state index contributed by atoms with van der Waals surface area (Å²) in [7, 11) is 3.62. The fourth-order valence-corrected chi connectivity index (χ4v) is 6.29. The molecule has 1 heterocycles. The lowest BCUT2D eigenvalue weighted by Gasteiger charge is -2.23. The number of nitrogens with one attached hydrogen (secondary N) is 3. The monoisotopic (exact) mass is 635 g/mol. The van der Waals surface area contributed by atoms with Gasteiger partial charge in [0.2, 0.25) is 5.91 Å². The molecule has 0 aliphatic carbocycles. The van der Waals surface area contributed by atoms with E-state index in [1.807, 2.05) is 85.4 Å². The molecule has 0 aliphatic rings. The quantitative estimate of drug-likeness (QED) is 0.0775. The van der Waals surface area contributed by atoms with Crippen molar-refractivity contribution in [3.63, 3.8) is 0 Å². The number of aryl methyl sites for hydroxylation is 1. The highest BCUT2D eigenvalue weighted by Gasteiger charge is 2.24. The Labute approximate surface area is 274 Å². The molecule has 10 heteroatoms. The van der Waals surface area contributed by atoms with Crippen molar-refractivity contribution in [1.29, 1.82) is 0 Å². The van der Waals surface area contributed by atoms with Gasteiger partial charge in [0.1, 0.15) is 11.9 Å². The van der Waals surface area contributed by atoms with E-state index in [4.69, 9.17) is 5.73 Å². The molecule has 238 valence electrons. The Balaban J connectivity index is 1.33. The van der Waals surface area contributed by atoms with E-state index in [1.54, 1.807) is 13.2 Å². The lowest BCUT2D eigenvalue weighted by molar-refractivity contribution is -0.123. The maximum atomic E-state index is 13.8. The molecule has 2 amide bonds. The number of carbonyl (C=O) groups excluding carboxylic acids is 2. The summed E-state index contributed by atoms with van der Waals surface area (Å²) in [5.74, 6) is 1.12. The Hall–Kier alpha value is -4.67. The first-order chi connectivity index (χ1) is 22.4. The van der Waals surface area contributed by atoms with Gasteiger partial charge in [-0.2, -0.15) is 0 Å². The molecule has 5 rings (SSSR count). The lowest BCUT2D eigenvalue weighted by atomic mass is 9.98. The Morgan fingerprint density at radius 1 is 0.935 bits per heavy atom. The molecule has 5 N–H and O–H groups in total. The number of nitrogens with two attached hydrogens (primary N) is 1. The van der Waals surface area contributed by atoms with Gasteiger partial charge in [-0.15, -0.1) is 0 Å². The second-order valence-electron chi connectivity index (χ2n) is 11.3. The molecule has 2 atom stereocenters. The SMILES string of the molecule is CN=C(N)SCCC[C@H](NC(=O)c1ccc(CNCc2nccn2C)c2ccccc12)C(=O)N[C@@H](C)c1cccc2ccccc12. The third-order valence-electron chi connectivity index (χ3n) is 8.16. The molecule has 9 nitrogen and oxygen atoms in total. The summed E-state index contributed by atoms with van der Waals surface area (Å²) < 4.78 is 1.99. The zero-order chi connectivity index (χ0) is 32.5. The summed E-state index contributed by atoms with van der Waals surface area (Å²) in [6, 6.07) is 24.9. The number of imidazole rings is 1. The van der Waals surface area contributed by atoms with Gasteiger partial charge in [-0.1, -0.05) is 84.6 Å². The maximum Gasteiger partial charge on any atom is 0.252 e. The number of aromatic nitrogens is 2. The zero-order valence-electron chi connectivity index (χ0n) is 26.5. The van der Waals surface area contributed by atoms with E-state index in [2.05, 4.69) is 44.1 Å². The fourth-order valence-electron chi connectivity index (χ4n) is 5.64. The molecule has 4 aromatic carbocycles. The van der Waals surface area contributed by atoms with Crippen LogP contribution in [0, 0.1) is 0 Å². The van der Waals surface area contributed by atoms with Crippen LogP contribution in [0.1, 0.15) is 53.1 Å². The number of carbonyl (C=O) groups is 2. The standard InChI is InChI=1S/C36H41N7O2S/c1-24(27-15-8-11-25-10-4-5-12-28(25)27)41-35(45)32(16-9-21-46-36(37)38-2)42-34(44)31-18-17-26(29-13-6-7-14-30(29)31)22-39-23-33-40-19-20-43(33)3/h4-8,10-15,17-20,24,32,39H,9,16,21-23H2,1-3H3,(H2,37,38)(H,41,45)(H,42,44)/t24-,32-/m0/s1. The van der Waals surface area contributed by atoms with Gasteiger partial charge < -0.3 is 26.3 Å². The van der Waals surface area contributed by atoms with Gasteiger partial charge in [0.25, 0.3) is 5.91 Å². The van der Waals surface area contributed by atoms with E-state index in [0.29, 0.717) is 42.4 Å². The van der Waals surface area contributed by atoms with Gasteiger partial charge >= 0.3 is 0 Å². The topological polar surface area (TPSA) is 126 Å². The molecule has 5 aromatic rings. The summed E-state index contributed by atoms with van der Waals surface area (Å²) in [4.78, 5) is 36.0. The molecule has 0 unspecified atom stereocenters. The van der Waals surface area contributed by atoms with Crippen LogP contribution in [0.25, 0.3) is 21.5 Å². The van der Waals surface area contributed by atoms with Crippen LogP contribution in [0.2, 0.25) is 0 Å². The fraction of sp³-hybridized carbons (Fsp3) is 0.278. The predicted molar refractivity (Wildman–Crippen MR) is 189 cm³/mol. The van der Waals surface area contributed by atoms with Crippen molar-refractivity contribution in [2.75, 3.05) is 12.8 Å². The average Bonchev–Trinajstić information content (AvgIpc) is 3.49. The minimum Gasteiger partial charge on any atom is -0.379 e. The van der Waals surface area contributed by atoms with Crippen LogP contribution in [0.3, 0.4) is 0 Å². The number of nitrogens with zero attached hydrogens (tertiary/aromatic N) is 3. The van der Waals surface area contributed by atoms with Gasteiger partial charge in [-0.25, -0.2) is 4.98 Å². The van der Waals surface area contributed by atoms with E-state index in [0.717, 1.165) is 38.5 Å². The number of rotatable bonds is 13. The molecule has 0 fully saturated rings. The van der Waals surface area contributed by atoms with Crippen LogP contribution in [0.15, 0.2) is 96.2 Å². The van der Waals surface area contributed by atoms with Crippen LogP contribution >= 0.6 is 11.8 Å². The number of hydrogen-bond acceptors (Lipinski definition) is 6. The van der Waals surface area contributed by atoms with Gasteiger partial charge in [0.05, 0.1) is 12.6 Å². The van der Waals surface area contributed by atoms with Crippen molar-refractivity contribution < 1.29 is 9.59 Å². The van der Waals surface area contributed by atoms with Crippen molar-refractivity contribution in [3.05, 3.63) is 114 Å². The first-order valence-electron chi connectivity index (χ1n) is 15.5. The molecule has 0 saturated heterocycles. The summed E-state index contributed by atoms with van der Waals surface area (Å²) in [5.41, 5.74) is 8.49. The van der Waals surface area contributed by atoms with Gasteiger partial charge in [0, 0.05) is 44.4 Å². The second kappa shape index (κ2) is 15.6. The third kappa shape index (κ3) is 7.94. The number of amides is 2. The Bertz CT molecular complexity index is 1850.